The van der Waals surface area contributed by atoms with Gasteiger partial charge in [0.05, 0.1) is 6.42 Å². The summed E-state index contributed by atoms with van der Waals surface area (Å²) in [5.41, 5.74) is 4.67. The van der Waals surface area contributed by atoms with Crippen LogP contribution in [0.15, 0.2) is 48.5 Å². The summed E-state index contributed by atoms with van der Waals surface area (Å²) in [5, 5.41) is 14.5. The highest BCUT2D eigenvalue weighted by atomic mass is 16.5. The summed E-state index contributed by atoms with van der Waals surface area (Å²) in [5.74, 6) is -1.20. The molecule has 2 aliphatic carbocycles. The van der Waals surface area contributed by atoms with E-state index in [1.165, 1.54) is 11.1 Å². The van der Waals surface area contributed by atoms with Crippen molar-refractivity contribution >= 4 is 18.0 Å². The van der Waals surface area contributed by atoms with E-state index in [-0.39, 0.29) is 42.7 Å². The fourth-order valence-electron chi connectivity index (χ4n) is 4.47. The van der Waals surface area contributed by atoms with Gasteiger partial charge < -0.3 is 20.5 Å². The molecule has 0 aromatic heterocycles. The van der Waals surface area contributed by atoms with Crippen LogP contribution in [0.2, 0.25) is 0 Å². The quantitative estimate of drug-likeness (QED) is 0.558. The lowest BCUT2D eigenvalue weighted by Gasteiger charge is -2.15. The van der Waals surface area contributed by atoms with Crippen molar-refractivity contribution in [3.8, 4) is 11.1 Å². The lowest BCUT2D eigenvalue weighted by molar-refractivity contribution is -0.137. The van der Waals surface area contributed by atoms with Crippen LogP contribution >= 0.6 is 0 Å². The van der Waals surface area contributed by atoms with Crippen molar-refractivity contribution in [2.75, 3.05) is 13.2 Å². The van der Waals surface area contributed by atoms with E-state index in [1.54, 1.807) is 0 Å². The number of hydrogen-bond acceptors (Lipinski definition) is 4. The van der Waals surface area contributed by atoms with E-state index < -0.39 is 12.1 Å². The maximum absolute atomic E-state index is 12.3. The van der Waals surface area contributed by atoms with Gasteiger partial charge in [-0.15, -0.1) is 0 Å². The van der Waals surface area contributed by atoms with Crippen LogP contribution < -0.4 is 10.6 Å². The summed E-state index contributed by atoms with van der Waals surface area (Å²) >= 11 is 0. The maximum Gasteiger partial charge on any atom is 0.407 e. The van der Waals surface area contributed by atoms with Crippen LogP contribution in [-0.4, -0.2) is 42.3 Å². The Labute approximate surface area is 187 Å². The molecule has 1 unspecified atom stereocenters. The van der Waals surface area contributed by atoms with E-state index >= 15 is 0 Å². The fourth-order valence-corrected chi connectivity index (χ4v) is 4.47. The van der Waals surface area contributed by atoms with E-state index in [0.717, 1.165) is 11.1 Å². The van der Waals surface area contributed by atoms with Crippen molar-refractivity contribution in [2.24, 2.45) is 11.8 Å². The zero-order valence-corrected chi connectivity index (χ0v) is 18.0. The molecule has 2 aromatic carbocycles. The molecule has 0 radical (unpaired) electrons. The number of amides is 2. The number of fused-ring (bicyclic) bond motifs is 3. The van der Waals surface area contributed by atoms with Gasteiger partial charge in [0.1, 0.15) is 6.61 Å². The Balaban J connectivity index is 1.24. The second kappa shape index (κ2) is 9.42. The molecule has 32 heavy (non-hydrogen) atoms. The summed E-state index contributed by atoms with van der Waals surface area (Å²) in [6.45, 7) is 2.46. The van der Waals surface area contributed by atoms with Gasteiger partial charge in [0.25, 0.3) is 0 Å². The molecule has 168 valence electrons. The molecular formula is C25H28N2O5. The number of carboxylic acid groups (broad SMARTS) is 1. The first-order valence-electron chi connectivity index (χ1n) is 11.1. The third-order valence-electron chi connectivity index (χ3n) is 6.37. The molecule has 2 amide bonds. The van der Waals surface area contributed by atoms with E-state index in [1.807, 2.05) is 31.2 Å². The lowest BCUT2D eigenvalue weighted by atomic mass is 9.98. The Morgan fingerprint density at radius 2 is 1.69 bits per heavy atom. The molecule has 7 nitrogen and oxygen atoms in total. The summed E-state index contributed by atoms with van der Waals surface area (Å²) in [7, 11) is 0. The molecule has 0 spiro atoms. The van der Waals surface area contributed by atoms with Crippen LogP contribution in [0.25, 0.3) is 11.1 Å². The minimum Gasteiger partial charge on any atom is -0.481 e. The molecule has 3 atom stereocenters. The van der Waals surface area contributed by atoms with Crippen molar-refractivity contribution in [2.45, 2.75) is 38.1 Å². The largest absolute Gasteiger partial charge is 0.481 e. The third-order valence-corrected chi connectivity index (χ3v) is 6.37. The smallest absolute Gasteiger partial charge is 0.407 e. The van der Waals surface area contributed by atoms with Crippen LogP contribution in [0.4, 0.5) is 4.79 Å². The van der Waals surface area contributed by atoms with Gasteiger partial charge in [-0.25, -0.2) is 4.79 Å². The SMILES string of the molecule is CCC(CC(=O)O)NC(=O)[C@H]1C[C@H]1CNC(=O)OCC1c2ccccc2-c2ccccc21. The van der Waals surface area contributed by atoms with Crippen molar-refractivity contribution in [1.29, 1.82) is 0 Å². The van der Waals surface area contributed by atoms with Crippen LogP contribution in [-0.2, 0) is 14.3 Å². The Morgan fingerprint density at radius 3 is 2.28 bits per heavy atom. The molecule has 0 aliphatic heterocycles. The Hall–Kier alpha value is -3.35. The predicted molar refractivity (Wildman–Crippen MR) is 119 cm³/mol. The molecule has 1 saturated carbocycles. The number of carboxylic acids is 1. The molecule has 7 heteroatoms. The average Bonchev–Trinajstić information content (AvgIpc) is 3.51. The number of ether oxygens (including phenoxy) is 1. The molecule has 3 N–H and O–H groups in total. The van der Waals surface area contributed by atoms with Crippen LogP contribution in [0.5, 0.6) is 0 Å². The molecule has 1 fully saturated rings. The van der Waals surface area contributed by atoms with Crippen molar-refractivity contribution in [1.82, 2.24) is 10.6 Å². The Bertz CT molecular complexity index is 975. The van der Waals surface area contributed by atoms with Gasteiger partial charge in [-0.1, -0.05) is 55.5 Å². The summed E-state index contributed by atoms with van der Waals surface area (Å²) in [6, 6.07) is 16.0. The van der Waals surface area contributed by atoms with Crippen molar-refractivity contribution in [3.05, 3.63) is 59.7 Å². The van der Waals surface area contributed by atoms with Crippen molar-refractivity contribution < 1.29 is 24.2 Å². The minimum absolute atomic E-state index is 0.00723. The second-order valence-corrected chi connectivity index (χ2v) is 8.52. The molecule has 0 heterocycles. The van der Waals surface area contributed by atoms with Crippen LogP contribution in [0.1, 0.15) is 43.2 Å². The van der Waals surface area contributed by atoms with Gasteiger partial charge in [-0.05, 0) is 41.0 Å². The number of nitrogens with one attached hydrogen (secondary N) is 2. The zero-order valence-electron chi connectivity index (χ0n) is 18.0. The molecule has 4 rings (SSSR count). The maximum atomic E-state index is 12.3. The van der Waals surface area contributed by atoms with E-state index in [2.05, 4.69) is 34.9 Å². The minimum atomic E-state index is -0.929. The standard InChI is InChI=1S/C25H28N2O5/c1-2-16(12-23(28)29)27-24(30)21-11-15(21)13-26-25(31)32-14-22-19-9-5-3-7-17(19)18-8-4-6-10-20(18)22/h3-10,15-16,21-22H,2,11-14H2,1H3,(H,26,31)(H,27,30)(H,28,29)/t15-,16?,21-/m0/s1. The van der Waals surface area contributed by atoms with Crippen LogP contribution in [0, 0.1) is 11.8 Å². The Kier molecular flexibility index (Phi) is 6.44. The van der Waals surface area contributed by atoms with Gasteiger partial charge in [0.15, 0.2) is 0 Å². The first kappa shape index (κ1) is 21.9. The predicted octanol–water partition coefficient (Wildman–Crippen LogP) is 3.53. The highest BCUT2D eigenvalue weighted by Crippen LogP contribution is 2.44. The summed E-state index contributed by atoms with van der Waals surface area (Å²) in [4.78, 5) is 35.4. The third kappa shape index (κ3) is 4.77. The fraction of sp³-hybridized carbons (Fsp3) is 0.400. The van der Waals surface area contributed by atoms with Gasteiger partial charge in [-0.3, -0.25) is 9.59 Å². The van der Waals surface area contributed by atoms with E-state index in [9.17, 15) is 14.4 Å². The van der Waals surface area contributed by atoms with Gasteiger partial charge in [-0.2, -0.15) is 0 Å². The Morgan fingerprint density at radius 1 is 1.06 bits per heavy atom. The van der Waals surface area contributed by atoms with Gasteiger partial charge >= 0.3 is 12.1 Å². The molecular weight excluding hydrogens is 408 g/mol. The number of rotatable bonds is 9. The van der Waals surface area contributed by atoms with E-state index in [4.69, 9.17) is 9.84 Å². The average molecular weight is 437 g/mol. The lowest BCUT2D eigenvalue weighted by Crippen LogP contribution is -2.38. The monoisotopic (exact) mass is 436 g/mol. The highest BCUT2D eigenvalue weighted by molar-refractivity contribution is 5.82. The highest BCUT2D eigenvalue weighted by Gasteiger charge is 2.43. The zero-order chi connectivity index (χ0) is 22.7. The number of carbonyl (C=O) groups is 3. The number of hydrogen-bond donors (Lipinski definition) is 3. The number of carbonyl (C=O) groups excluding carboxylic acids is 2. The second-order valence-electron chi connectivity index (χ2n) is 8.52. The number of benzene rings is 2. The van der Waals surface area contributed by atoms with Crippen molar-refractivity contribution in [3.63, 3.8) is 0 Å². The first-order chi connectivity index (χ1) is 15.5. The summed E-state index contributed by atoms with van der Waals surface area (Å²) in [6.07, 6.45) is 0.666. The molecule has 0 saturated heterocycles. The summed E-state index contributed by atoms with van der Waals surface area (Å²) < 4.78 is 5.52. The molecule has 0 bridgehead atoms. The molecule has 2 aliphatic rings. The van der Waals surface area contributed by atoms with Crippen LogP contribution in [0.3, 0.4) is 0 Å². The normalized spacial score (nSPS) is 19.4. The van der Waals surface area contributed by atoms with Gasteiger partial charge in [0, 0.05) is 24.4 Å². The number of aliphatic carboxylic acids is 1. The van der Waals surface area contributed by atoms with E-state index in [0.29, 0.717) is 19.4 Å². The molecule has 2 aromatic rings. The first-order valence-corrected chi connectivity index (χ1v) is 11.1. The topological polar surface area (TPSA) is 105 Å². The van der Waals surface area contributed by atoms with Gasteiger partial charge in [0.2, 0.25) is 5.91 Å². The number of alkyl carbamates (subject to hydrolysis) is 1.